The number of nitrogens with two attached hydrogens (primary N) is 1. The molecule has 2 N–H and O–H groups in total. The van der Waals surface area contributed by atoms with Crippen LogP contribution in [0.3, 0.4) is 0 Å². The van der Waals surface area contributed by atoms with Crippen molar-refractivity contribution < 1.29 is 4.74 Å². The molecule has 0 aliphatic carbocycles. The van der Waals surface area contributed by atoms with Crippen LogP contribution in [0.5, 0.6) is 0 Å². The fourth-order valence-electron chi connectivity index (χ4n) is 2.82. The van der Waals surface area contributed by atoms with Crippen LogP contribution in [-0.2, 0) is 4.74 Å². The highest BCUT2D eigenvalue weighted by molar-refractivity contribution is 4.88. The molecule has 0 aromatic rings. The first kappa shape index (κ1) is 12.3. The van der Waals surface area contributed by atoms with E-state index in [9.17, 15) is 0 Å². The summed E-state index contributed by atoms with van der Waals surface area (Å²) in [6, 6.07) is 1.06. The topological polar surface area (TPSA) is 41.7 Å². The maximum absolute atomic E-state index is 5.93. The third-order valence-electron chi connectivity index (χ3n) is 4.10. The predicted molar refractivity (Wildman–Crippen MR) is 65.5 cm³/mol. The Balaban J connectivity index is 1.93. The SMILES string of the molecule is CC1CN(C(CN)C2CCCO2)CCN1C. The van der Waals surface area contributed by atoms with Crippen LogP contribution in [0.25, 0.3) is 0 Å². The Morgan fingerprint density at radius 3 is 2.81 bits per heavy atom. The van der Waals surface area contributed by atoms with Crippen molar-refractivity contribution in [3.63, 3.8) is 0 Å². The molecule has 2 heterocycles. The van der Waals surface area contributed by atoms with Gasteiger partial charge in [0.25, 0.3) is 0 Å². The van der Waals surface area contributed by atoms with Gasteiger partial charge in [0.05, 0.1) is 6.10 Å². The summed E-state index contributed by atoms with van der Waals surface area (Å²) in [5, 5.41) is 0. The summed E-state index contributed by atoms with van der Waals surface area (Å²) in [5.74, 6) is 0. The van der Waals surface area contributed by atoms with Crippen molar-refractivity contribution in [3.8, 4) is 0 Å². The molecule has 16 heavy (non-hydrogen) atoms. The first-order chi connectivity index (χ1) is 7.72. The molecule has 0 radical (unpaired) electrons. The van der Waals surface area contributed by atoms with Gasteiger partial charge in [0.15, 0.2) is 0 Å². The Morgan fingerprint density at radius 1 is 1.44 bits per heavy atom. The molecule has 2 aliphatic heterocycles. The Bertz CT molecular complexity index is 218. The first-order valence-electron chi connectivity index (χ1n) is 6.48. The largest absolute Gasteiger partial charge is 0.377 e. The minimum Gasteiger partial charge on any atom is -0.377 e. The quantitative estimate of drug-likeness (QED) is 0.744. The number of ether oxygens (including phenoxy) is 1. The van der Waals surface area contributed by atoms with Crippen molar-refractivity contribution in [3.05, 3.63) is 0 Å². The molecule has 2 aliphatic rings. The second-order valence-electron chi connectivity index (χ2n) is 5.18. The number of rotatable bonds is 3. The van der Waals surface area contributed by atoms with Crippen LogP contribution in [0, 0.1) is 0 Å². The zero-order valence-corrected chi connectivity index (χ0v) is 10.6. The normalized spacial score (nSPS) is 35.4. The Hall–Kier alpha value is -0.160. The highest BCUT2D eigenvalue weighted by Crippen LogP contribution is 2.21. The maximum atomic E-state index is 5.93. The lowest BCUT2D eigenvalue weighted by Gasteiger charge is -2.43. The lowest BCUT2D eigenvalue weighted by molar-refractivity contribution is -0.00355. The molecule has 3 atom stereocenters. The first-order valence-corrected chi connectivity index (χ1v) is 6.48. The number of nitrogens with zero attached hydrogens (tertiary/aromatic N) is 2. The van der Waals surface area contributed by atoms with E-state index in [4.69, 9.17) is 10.5 Å². The maximum Gasteiger partial charge on any atom is 0.0743 e. The zero-order chi connectivity index (χ0) is 11.5. The van der Waals surface area contributed by atoms with Gasteiger partial charge in [0, 0.05) is 44.9 Å². The molecule has 3 unspecified atom stereocenters. The average molecular weight is 227 g/mol. The van der Waals surface area contributed by atoms with Gasteiger partial charge >= 0.3 is 0 Å². The fourth-order valence-corrected chi connectivity index (χ4v) is 2.82. The van der Waals surface area contributed by atoms with Crippen molar-refractivity contribution in [2.75, 3.05) is 39.8 Å². The van der Waals surface area contributed by atoms with E-state index in [1.165, 1.54) is 12.8 Å². The predicted octanol–water partition coefficient (Wildman–Crippen LogP) is 0.129. The minimum absolute atomic E-state index is 0.376. The van der Waals surface area contributed by atoms with E-state index >= 15 is 0 Å². The van der Waals surface area contributed by atoms with Crippen molar-refractivity contribution in [1.29, 1.82) is 0 Å². The van der Waals surface area contributed by atoms with Gasteiger partial charge in [-0.05, 0) is 26.8 Å². The van der Waals surface area contributed by atoms with Crippen LogP contribution >= 0.6 is 0 Å². The molecular weight excluding hydrogens is 202 g/mol. The lowest BCUT2D eigenvalue weighted by Crippen LogP contribution is -2.58. The van der Waals surface area contributed by atoms with Crippen molar-refractivity contribution in [2.45, 2.75) is 38.0 Å². The number of hydrogen-bond donors (Lipinski definition) is 1. The zero-order valence-electron chi connectivity index (χ0n) is 10.6. The highest BCUT2D eigenvalue weighted by atomic mass is 16.5. The van der Waals surface area contributed by atoms with Gasteiger partial charge < -0.3 is 15.4 Å². The summed E-state index contributed by atoms with van der Waals surface area (Å²) >= 11 is 0. The summed E-state index contributed by atoms with van der Waals surface area (Å²) < 4.78 is 5.79. The van der Waals surface area contributed by atoms with Crippen molar-refractivity contribution in [2.24, 2.45) is 5.73 Å². The van der Waals surface area contributed by atoms with Crippen LogP contribution in [-0.4, -0.2) is 67.8 Å². The smallest absolute Gasteiger partial charge is 0.0743 e. The molecule has 0 bridgehead atoms. The molecule has 4 nitrogen and oxygen atoms in total. The fraction of sp³-hybridized carbons (Fsp3) is 1.00. The number of piperazine rings is 1. The van der Waals surface area contributed by atoms with Crippen LogP contribution in [0.2, 0.25) is 0 Å². The lowest BCUT2D eigenvalue weighted by atomic mass is 10.0. The van der Waals surface area contributed by atoms with E-state index < -0.39 is 0 Å². The average Bonchev–Trinajstić information content (AvgIpc) is 2.78. The van der Waals surface area contributed by atoms with E-state index in [0.717, 1.165) is 32.8 Å². The van der Waals surface area contributed by atoms with Gasteiger partial charge in [0.2, 0.25) is 0 Å². The Morgan fingerprint density at radius 2 is 2.25 bits per heavy atom. The number of likely N-dealkylation sites (N-methyl/N-ethyl adjacent to an activating group) is 1. The van der Waals surface area contributed by atoms with Gasteiger partial charge in [-0.2, -0.15) is 0 Å². The van der Waals surface area contributed by atoms with E-state index in [1.807, 2.05) is 0 Å². The van der Waals surface area contributed by atoms with Crippen LogP contribution in [0.4, 0.5) is 0 Å². The summed E-state index contributed by atoms with van der Waals surface area (Å²) in [6.45, 7) is 7.33. The van der Waals surface area contributed by atoms with Crippen LogP contribution < -0.4 is 5.73 Å². The molecule has 0 aromatic heterocycles. The second kappa shape index (κ2) is 5.45. The summed E-state index contributed by atoms with van der Waals surface area (Å²) in [4.78, 5) is 4.94. The van der Waals surface area contributed by atoms with Gasteiger partial charge in [-0.25, -0.2) is 0 Å². The molecular formula is C12H25N3O. The monoisotopic (exact) mass is 227 g/mol. The molecule has 94 valence electrons. The third kappa shape index (κ3) is 2.56. The van der Waals surface area contributed by atoms with Gasteiger partial charge in [-0.3, -0.25) is 4.90 Å². The van der Waals surface area contributed by atoms with Gasteiger partial charge in [0.1, 0.15) is 0 Å². The van der Waals surface area contributed by atoms with Crippen molar-refractivity contribution >= 4 is 0 Å². The molecule has 0 spiro atoms. The van der Waals surface area contributed by atoms with Gasteiger partial charge in [-0.15, -0.1) is 0 Å². The van der Waals surface area contributed by atoms with Crippen molar-refractivity contribution in [1.82, 2.24) is 9.80 Å². The highest BCUT2D eigenvalue weighted by Gasteiger charge is 2.32. The second-order valence-corrected chi connectivity index (χ2v) is 5.18. The van der Waals surface area contributed by atoms with Gasteiger partial charge in [-0.1, -0.05) is 0 Å². The molecule has 2 fully saturated rings. The molecule has 0 amide bonds. The summed E-state index contributed by atoms with van der Waals surface area (Å²) in [6.07, 6.45) is 2.76. The Labute approximate surface area is 98.7 Å². The number of hydrogen-bond acceptors (Lipinski definition) is 4. The molecule has 0 aromatic carbocycles. The molecule has 2 rings (SSSR count). The van der Waals surface area contributed by atoms with E-state index in [2.05, 4.69) is 23.8 Å². The Kier molecular flexibility index (Phi) is 4.19. The molecule has 2 saturated heterocycles. The van der Waals surface area contributed by atoms with Crippen LogP contribution in [0.15, 0.2) is 0 Å². The molecule has 0 saturated carbocycles. The van der Waals surface area contributed by atoms with E-state index in [1.54, 1.807) is 0 Å². The third-order valence-corrected chi connectivity index (χ3v) is 4.10. The minimum atomic E-state index is 0.376. The standard InChI is InChI=1S/C12H25N3O/c1-10-9-15(6-5-14(10)2)11(8-13)12-4-3-7-16-12/h10-12H,3-9,13H2,1-2H3. The van der Waals surface area contributed by atoms with E-state index in [-0.39, 0.29) is 0 Å². The molecule has 4 heteroatoms. The summed E-state index contributed by atoms with van der Waals surface area (Å²) in [5.41, 5.74) is 5.93. The summed E-state index contributed by atoms with van der Waals surface area (Å²) in [7, 11) is 2.20. The van der Waals surface area contributed by atoms with E-state index in [0.29, 0.717) is 18.2 Å². The van der Waals surface area contributed by atoms with Crippen LogP contribution in [0.1, 0.15) is 19.8 Å².